The van der Waals surface area contributed by atoms with Gasteiger partial charge in [0.15, 0.2) is 0 Å². The summed E-state index contributed by atoms with van der Waals surface area (Å²) in [6.45, 7) is 1.03. The van der Waals surface area contributed by atoms with Gasteiger partial charge in [-0.2, -0.15) is 4.31 Å². The molecule has 0 saturated carbocycles. The fraction of sp³-hybridized carbons (Fsp3) is 0.250. The lowest BCUT2D eigenvalue weighted by molar-refractivity contribution is -0.126. The number of piperidine rings is 1. The number of hydrogen-bond acceptors (Lipinski definition) is 4. The Labute approximate surface area is 186 Å². The van der Waals surface area contributed by atoms with Gasteiger partial charge in [-0.25, -0.2) is 13.4 Å². The SMILES string of the molecule is O=C(NCc1cn2ccccc2n1)C1CCN(S(=O)(=O)c2ccc3ccccc3c2)CC1. The molecule has 32 heavy (non-hydrogen) atoms. The van der Waals surface area contributed by atoms with Crippen LogP contribution >= 0.6 is 0 Å². The monoisotopic (exact) mass is 448 g/mol. The number of carbonyl (C=O) groups excluding carboxylic acids is 1. The van der Waals surface area contributed by atoms with Crippen LogP contribution in [0.1, 0.15) is 18.5 Å². The highest BCUT2D eigenvalue weighted by Gasteiger charge is 2.32. The first-order valence-corrected chi connectivity index (χ1v) is 12.1. The molecule has 0 radical (unpaired) electrons. The Bertz CT molecular complexity index is 1360. The van der Waals surface area contributed by atoms with Crippen LogP contribution in [0.5, 0.6) is 0 Å². The fourth-order valence-electron chi connectivity index (χ4n) is 4.23. The molecule has 1 saturated heterocycles. The molecular formula is C24H24N4O3S. The molecule has 5 rings (SSSR count). The van der Waals surface area contributed by atoms with Crippen LogP contribution in [0.4, 0.5) is 0 Å². The molecule has 164 valence electrons. The number of carbonyl (C=O) groups is 1. The maximum Gasteiger partial charge on any atom is 0.243 e. The van der Waals surface area contributed by atoms with Crippen molar-refractivity contribution >= 4 is 32.4 Å². The topological polar surface area (TPSA) is 83.8 Å². The average Bonchev–Trinajstić information content (AvgIpc) is 3.25. The molecule has 2 aromatic heterocycles. The van der Waals surface area contributed by atoms with Crippen molar-refractivity contribution in [3.05, 3.63) is 78.8 Å². The highest BCUT2D eigenvalue weighted by molar-refractivity contribution is 7.89. The van der Waals surface area contributed by atoms with Gasteiger partial charge >= 0.3 is 0 Å². The largest absolute Gasteiger partial charge is 0.350 e. The molecule has 7 nitrogen and oxygen atoms in total. The van der Waals surface area contributed by atoms with Crippen LogP contribution in [0.3, 0.4) is 0 Å². The molecule has 1 aliphatic rings. The number of nitrogens with one attached hydrogen (secondary N) is 1. The van der Waals surface area contributed by atoms with Crippen molar-refractivity contribution in [3.8, 4) is 0 Å². The summed E-state index contributed by atoms with van der Waals surface area (Å²) in [5.74, 6) is -0.250. The molecule has 1 amide bonds. The summed E-state index contributed by atoms with van der Waals surface area (Å²) in [6.07, 6.45) is 4.82. The standard InChI is InChI=1S/C24H24N4O3S/c29-24(25-16-21-17-27-12-4-3-7-23(27)26-21)19-10-13-28(14-11-19)32(30,31)22-9-8-18-5-1-2-6-20(18)15-22/h1-9,12,15,17,19H,10-11,13-14,16H2,(H,25,29). The quantitative estimate of drug-likeness (QED) is 0.508. The van der Waals surface area contributed by atoms with Gasteiger partial charge in [-0.05, 0) is 47.9 Å². The van der Waals surface area contributed by atoms with Crippen molar-refractivity contribution in [2.75, 3.05) is 13.1 Å². The van der Waals surface area contributed by atoms with E-state index in [1.165, 1.54) is 4.31 Å². The highest BCUT2D eigenvalue weighted by Crippen LogP contribution is 2.26. The van der Waals surface area contributed by atoms with Crippen LogP contribution in [0, 0.1) is 5.92 Å². The Hall–Kier alpha value is -3.23. The van der Waals surface area contributed by atoms with Gasteiger partial charge in [0.05, 0.1) is 17.1 Å². The number of fused-ring (bicyclic) bond motifs is 2. The van der Waals surface area contributed by atoms with E-state index < -0.39 is 10.0 Å². The Morgan fingerprint density at radius 3 is 2.53 bits per heavy atom. The first-order valence-electron chi connectivity index (χ1n) is 10.7. The minimum absolute atomic E-state index is 0.0511. The minimum Gasteiger partial charge on any atom is -0.350 e. The third-order valence-electron chi connectivity index (χ3n) is 6.04. The summed E-state index contributed by atoms with van der Waals surface area (Å²) in [5, 5.41) is 4.86. The van der Waals surface area contributed by atoms with Crippen LogP contribution in [-0.2, 0) is 21.4 Å². The average molecular weight is 449 g/mol. The van der Waals surface area contributed by atoms with Crippen LogP contribution in [-0.4, -0.2) is 41.1 Å². The van der Waals surface area contributed by atoms with E-state index in [4.69, 9.17) is 0 Å². The maximum atomic E-state index is 13.1. The van der Waals surface area contributed by atoms with E-state index in [0.29, 0.717) is 37.4 Å². The highest BCUT2D eigenvalue weighted by atomic mass is 32.2. The Morgan fingerprint density at radius 1 is 1.00 bits per heavy atom. The predicted molar refractivity (Wildman–Crippen MR) is 122 cm³/mol. The predicted octanol–water partition coefficient (Wildman–Crippen LogP) is 3.20. The zero-order valence-corrected chi connectivity index (χ0v) is 18.3. The molecule has 2 aromatic carbocycles. The maximum absolute atomic E-state index is 13.1. The number of pyridine rings is 1. The van der Waals surface area contributed by atoms with Gasteiger partial charge in [-0.15, -0.1) is 0 Å². The van der Waals surface area contributed by atoms with Crippen molar-refractivity contribution in [3.63, 3.8) is 0 Å². The van der Waals surface area contributed by atoms with E-state index in [9.17, 15) is 13.2 Å². The van der Waals surface area contributed by atoms with Crippen molar-refractivity contribution in [1.29, 1.82) is 0 Å². The molecule has 0 unspecified atom stereocenters. The number of benzene rings is 2. The van der Waals surface area contributed by atoms with E-state index in [1.807, 2.05) is 65.3 Å². The van der Waals surface area contributed by atoms with E-state index in [0.717, 1.165) is 22.1 Å². The second kappa shape index (κ2) is 8.37. The van der Waals surface area contributed by atoms with Crippen molar-refractivity contribution < 1.29 is 13.2 Å². The molecule has 1 N–H and O–H groups in total. The lowest BCUT2D eigenvalue weighted by Gasteiger charge is -2.30. The number of amides is 1. The Balaban J connectivity index is 1.20. The summed E-state index contributed by atoms with van der Waals surface area (Å²) in [4.78, 5) is 17.4. The van der Waals surface area contributed by atoms with Gasteiger partial charge in [0.25, 0.3) is 0 Å². The lowest BCUT2D eigenvalue weighted by atomic mass is 9.97. The van der Waals surface area contributed by atoms with Crippen LogP contribution in [0.2, 0.25) is 0 Å². The molecule has 0 spiro atoms. The third-order valence-corrected chi connectivity index (χ3v) is 7.94. The first-order chi connectivity index (χ1) is 15.5. The molecular weight excluding hydrogens is 424 g/mol. The molecule has 0 bridgehead atoms. The van der Waals surface area contributed by atoms with E-state index in [-0.39, 0.29) is 11.8 Å². The van der Waals surface area contributed by atoms with E-state index >= 15 is 0 Å². The second-order valence-electron chi connectivity index (χ2n) is 8.10. The fourth-order valence-corrected chi connectivity index (χ4v) is 5.74. The third kappa shape index (κ3) is 3.99. The zero-order chi connectivity index (χ0) is 22.1. The molecule has 8 heteroatoms. The number of imidazole rings is 1. The summed E-state index contributed by atoms with van der Waals surface area (Å²) >= 11 is 0. The minimum atomic E-state index is -3.58. The summed E-state index contributed by atoms with van der Waals surface area (Å²) in [7, 11) is -3.58. The van der Waals surface area contributed by atoms with E-state index in [1.54, 1.807) is 12.1 Å². The normalized spacial score (nSPS) is 15.9. The Morgan fingerprint density at radius 2 is 1.75 bits per heavy atom. The summed E-state index contributed by atoms with van der Waals surface area (Å²) in [5.41, 5.74) is 1.63. The van der Waals surface area contributed by atoms with Crippen LogP contribution in [0.15, 0.2) is 78.0 Å². The lowest BCUT2D eigenvalue weighted by Crippen LogP contribution is -2.42. The van der Waals surface area contributed by atoms with Crippen molar-refractivity contribution in [2.24, 2.45) is 5.92 Å². The molecule has 0 atom stereocenters. The number of aromatic nitrogens is 2. The summed E-state index contributed by atoms with van der Waals surface area (Å²) < 4.78 is 29.6. The molecule has 0 aliphatic carbocycles. The van der Waals surface area contributed by atoms with Crippen molar-refractivity contribution in [2.45, 2.75) is 24.3 Å². The van der Waals surface area contributed by atoms with E-state index in [2.05, 4.69) is 10.3 Å². The van der Waals surface area contributed by atoms with Gasteiger partial charge in [0.1, 0.15) is 5.65 Å². The van der Waals surface area contributed by atoms with Gasteiger partial charge in [-0.1, -0.05) is 36.4 Å². The van der Waals surface area contributed by atoms with Crippen molar-refractivity contribution in [1.82, 2.24) is 19.0 Å². The molecule has 1 aliphatic heterocycles. The molecule has 4 aromatic rings. The number of nitrogens with zero attached hydrogens (tertiary/aromatic N) is 3. The summed E-state index contributed by atoms with van der Waals surface area (Å²) in [6, 6.07) is 18.7. The Kier molecular flexibility index (Phi) is 5.40. The van der Waals surface area contributed by atoms with Gasteiger partial charge in [-0.3, -0.25) is 4.79 Å². The number of hydrogen-bond donors (Lipinski definition) is 1. The smallest absolute Gasteiger partial charge is 0.243 e. The molecule has 1 fully saturated rings. The number of rotatable bonds is 5. The number of sulfonamides is 1. The molecule has 3 heterocycles. The van der Waals surface area contributed by atoms with Crippen LogP contribution in [0.25, 0.3) is 16.4 Å². The van der Waals surface area contributed by atoms with Gasteiger partial charge < -0.3 is 9.72 Å². The zero-order valence-electron chi connectivity index (χ0n) is 17.5. The van der Waals surface area contributed by atoms with Gasteiger partial charge in [0.2, 0.25) is 15.9 Å². The first kappa shape index (κ1) is 20.7. The van der Waals surface area contributed by atoms with Gasteiger partial charge in [0, 0.05) is 31.4 Å². The van der Waals surface area contributed by atoms with Crippen LogP contribution < -0.4 is 5.32 Å². The second-order valence-corrected chi connectivity index (χ2v) is 10.0.